The Bertz CT molecular complexity index is 1020. The lowest BCUT2D eigenvalue weighted by Gasteiger charge is -2.34. The van der Waals surface area contributed by atoms with Gasteiger partial charge < -0.3 is 19.9 Å². The lowest BCUT2D eigenvalue weighted by molar-refractivity contribution is -0.0828. The van der Waals surface area contributed by atoms with Crippen LogP contribution in [0.4, 0.5) is 9.18 Å². The zero-order valence-electron chi connectivity index (χ0n) is 18.7. The lowest BCUT2D eigenvalue weighted by atomic mass is 10.0. The first kappa shape index (κ1) is 22.2. The van der Waals surface area contributed by atoms with Crippen molar-refractivity contribution in [1.29, 1.82) is 0 Å². The van der Waals surface area contributed by atoms with E-state index in [1.54, 1.807) is 28.9 Å². The first-order valence-electron chi connectivity index (χ1n) is 11.0. The van der Waals surface area contributed by atoms with Crippen molar-refractivity contribution >= 4 is 11.9 Å². The van der Waals surface area contributed by atoms with Crippen LogP contribution in [-0.2, 0) is 24.4 Å². The summed E-state index contributed by atoms with van der Waals surface area (Å²) in [7, 11) is 0. The predicted octanol–water partition coefficient (Wildman–Crippen LogP) is 2.09. The minimum atomic E-state index is -0.540. The highest BCUT2D eigenvalue weighted by Gasteiger charge is 2.45. The Morgan fingerprint density at radius 3 is 2.78 bits per heavy atom. The molecule has 1 fully saturated rings. The number of hydrogen-bond donors (Lipinski definition) is 1. The molecule has 0 radical (unpaired) electrons. The number of fused-ring (bicyclic) bond motifs is 1. The number of rotatable bonds is 5. The maximum absolute atomic E-state index is 13.9. The number of aryl methyl sites for hydroxylation is 1. The third-order valence-electron chi connectivity index (χ3n) is 6.35. The van der Waals surface area contributed by atoms with Crippen LogP contribution in [0.5, 0.6) is 0 Å². The summed E-state index contributed by atoms with van der Waals surface area (Å²) in [5.41, 5.74) is 1.83. The van der Waals surface area contributed by atoms with E-state index in [2.05, 4.69) is 15.6 Å². The van der Waals surface area contributed by atoms with E-state index in [9.17, 15) is 14.0 Å². The van der Waals surface area contributed by atoms with Gasteiger partial charge >= 0.3 is 6.03 Å². The zero-order chi connectivity index (χ0) is 22.9. The number of carbonyl (C=O) groups is 2. The Balaban J connectivity index is 1.40. The third kappa shape index (κ3) is 4.19. The number of aromatic nitrogens is 3. The molecule has 10 heteroatoms. The van der Waals surface area contributed by atoms with Crippen LogP contribution in [-0.4, -0.2) is 68.5 Å². The van der Waals surface area contributed by atoms with Gasteiger partial charge in [0.25, 0.3) is 5.91 Å². The number of halogens is 1. The summed E-state index contributed by atoms with van der Waals surface area (Å²) in [6.07, 6.45) is 0.667. The van der Waals surface area contributed by atoms with Gasteiger partial charge in [-0.2, -0.15) is 0 Å². The first-order chi connectivity index (χ1) is 15.4. The summed E-state index contributed by atoms with van der Waals surface area (Å²) in [5.74, 6) is -0.583. The van der Waals surface area contributed by atoms with E-state index in [1.165, 1.54) is 6.07 Å². The number of benzene rings is 1. The van der Waals surface area contributed by atoms with Crippen molar-refractivity contribution < 1.29 is 18.7 Å². The van der Waals surface area contributed by atoms with E-state index in [-0.39, 0.29) is 24.3 Å². The van der Waals surface area contributed by atoms with Gasteiger partial charge in [0.1, 0.15) is 17.1 Å². The second kappa shape index (κ2) is 8.85. The summed E-state index contributed by atoms with van der Waals surface area (Å²) in [6, 6.07) is 4.43. The SMILES string of the molecule is CCN(CC)C(=O)NCc1nnn2c1COC1(CCN(C(=O)c3ccc(C)c(F)c3)C1)C2. The maximum atomic E-state index is 13.9. The van der Waals surface area contributed by atoms with Crippen molar-refractivity contribution in [2.24, 2.45) is 0 Å². The number of carbonyl (C=O) groups excluding carboxylic acids is 2. The van der Waals surface area contributed by atoms with Crippen LogP contribution in [0, 0.1) is 12.7 Å². The van der Waals surface area contributed by atoms with E-state index >= 15 is 0 Å². The molecule has 0 bridgehead atoms. The molecule has 1 aromatic carbocycles. The number of ether oxygens (including phenoxy) is 1. The van der Waals surface area contributed by atoms with Gasteiger partial charge in [0.2, 0.25) is 0 Å². The van der Waals surface area contributed by atoms with Crippen molar-refractivity contribution in [3.63, 3.8) is 0 Å². The van der Waals surface area contributed by atoms with Gasteiger partial charge in [0.15, 0.2) is 0 Å². The number of amides is 3. The van der Waals surface area contributed by atoms with Crippen molar-refractivity contribution in [1.82, 2.24) is 30.1 Å². The van der Waals surface area contributed by atoms with Gasteiger partial charge in [0, 0.05) is 25.2 Å². The standard InChI is InChI=1S/C22H29FN6O3/c1-4-27(5-2)21(31)24-11-18-19-12-32-22(14-29(19)26-25-18)8-9-28(13-22)20(30)16-7-6-15(3)17(23)10-16/h6-7,10H,4-5,8-9,11-14H2,1-3H3,(H,24,31). The lowest BCUT2D eigenvalue weighted by Crippen LogP contribution is -2.45. The molecule has 32 heavy (non-hydrogen) atoms. The molecule has 0 aliphatic carbocycles. The molecule has 2 aromatic rings. The van der Waals surface area contributed by atoms with Crippen molar-refractivity contribution in [3.8, 4) is 0 Å². The predicted molar refractivity (Wildman–Crippen MR) is 114 cm³/mol. The fourth-order valence-electron chi connectivity index (χ4n) is 4.29. The number of urea groups is 1. The van der Waals surface area contributed by atoms with Crippen molar-refractivity contribution in [2.75, 3.05) is 26.2 Å². The summed E-state index contributed by atoms with van der Waals surface area (Å²) in [4.78, 5) is 28.5. The molecular formula is C22H29FN6O3. The summed E-state index contributed by atoms with van der Waals surface area (Å²) < 4.78 is 21.9. The molecule has 3 amide bonds. The van der Waals surface area contributed by atoms with Crippen LogP contribution in [0.15, 0.2) is 18.2 Å². The third-order valence-corrected chi connectivity index (χ3v) is 6.35. The Morgan fingerprint density at radius 2 is 2.06 bits per heavy atom. The average Bonchev–Trinajstić information content (AvgIpc) is 3.38. The topological polar surface area (TPSA) is 92.6 Å². The van der Waals surface area contributed by atoms with Gasteiger partial charge in [-0.05, 0) is 44.9 Å². The second-order valence-electron chi connectivity index (χ2n) is 8.38. The first-order valence-corrected chi connectivity index (χ1v) is 11.0. The molecule has 2 aliphatic heterocycles. The molecule has 9 nitrogen and oxygen atoms in total. The van der Waals surface area contributed by atoms with E-state index in [1.807, 2.05) is 18.5 Å². The fraction of sp³-hybridized carbons (Fsp3) is 0.545. The highest BCUT2D eigenvalue weighted by molar-refractivity contribution is 5.94. The average molecular weight is 445 g/mol. The van der Waals surface area contributed by atoms with E-state index < -0.39 is 5.60 Å². The minimum Gasteiger partial charge on any atom is -0.365 e. The highest BCUT2D eigenvalue weighted by Crippen LogP contribution is 2.33. The fourth-order valence-corrected chi connectivity index (χ4v) is 4.29. The van der Waals surface area contributed by atoms with Gasteiger partial charge in [-0.3, -0.25) is 4.79 Å². The molecule has 0 saturated carbocycles. The molecule has 1 spiro atoms. The van der Waals surface area contributed by atoms with Crippen molar-refractivity contribution in [3.05, 3.63) is 46.5 Å². The van der Waals surface area contributed by atoms with Crippen LogP contribution < -0.4 is 5.32 Å². The Hall–Kier alpha value is -3.01. The van der Waals surface area contributed by atoms with Crippen LogP contribution in [0.2, 0.25) is 0 Å². The second-order valence-corrected chi connectivity index (χ2v) is 8.38. The zero-order valence-corrected chi connectivity index (χ0v) is 18.7. The van der Waals surface area contributed by atoms with Crippen LogP contribution in [0.3, 0.4) is 0 Å². The minimum absolute atomic E-state index is 0.137. The quantitative estimate of drug-likeness (QED) is 0.763. The molecule has 1 unspecified atom stereocenters. The van der Waals surface area contributed by atoms with Gasteiger partial charge in [-0.15, -0.1) is 5.10 Å². The van der Waals surface area contributed by atoms with Crippen LogP contribution in [0.1, 0.15) is 47.6 Å². The number of nitrogens with zero attached hydrogens (tertiary/aromatic N) is 5. The molecule has 2 aliphatic rings. The number of hydrogen-bond acceptors (Lipinski definition) is 5. The molecular weight excluding hydrogens is 415 g/mol. The molecule has 1 aromatic heterocycles. The van der Waals surface area contributed by atoms with E-state index in [4.69, 9.17) is 4.74 Å². The molecule has 1 atom stereocenters. The van der Waals surface area contributed by atoms with Crippen LogP contribution >= 0.6 is 0 Å². The summed E-state index contributed by atoms with van der Waals surface area (Å²) in [5, 5.41) is 11.4. The summed E-state index contributed by atoms with van der Waals surface area (Å²) in [6.45, 7) is 8.82. The normalized spacial score (nSPS) is 19.8. The largest absolute Gasteiger partial charge is 0.365 e. The Kier molecular flexibility index (Phi) is 6.14. The number of likely N-dealkylation sites (tertiary alicyclic amines) is 1. The Morgan fingerprint density at radius 1 is 1.28 bits per heavy atom. The van der Waals surface area contributed by atoms with Gasteiger partial charge in [-0.1, -0.05) is 11.3 Å². The molecule has 1 saturated heterocycles. The van der Waals surface area contributed by atoms with Gasteiger partial charge in [0.05, 0.1) is 31.9 Å². The van der Waals surface area contributed by atoms with Crippen LogP contribution in [0.25, 0.3) is 0 Å². The maximum Gasteiger partial charge on any atom is 0.317 e. The smallest absolute Gasteiger partial charge is 0.317 e. The summed E-state index contributed by atoms with van der Waals surface area (Å²) >= 11 is 0. The molecule has 1 N–H and O–H groups in total. The van der Waals surface area contributed by atoms with E-state index in [0.717, 1.165) is 5.69 Å². The van der Waals surface area contributed by atoms with Gasteiger partial charge in [-0.25, -0.2) is 13.9 Å². The van der Waals surface area contributed by atoms with Crippen molar-refractivity contribution in [2.45, 2.75) is 52.5 Å². The highest BCUT2D eigenvalue weighted by atomic mass is 19.1. The van der Waals surface area contributed by atoms with E-state index in [0.29, 0.717) is 62.6 Å². The number of nitrogens with one attached hydrogen (secondary N) is 1. The molecule has 4 rings (SSSR count). The molecule has 3 heterocycles. The monoisotopic (exact) mass is 444 g/mol. The Labute approximate surface area is 186 Å². The molecule has 172 valence electrons.